The second kappa shape index (κ2) is 8.60. The van der Waals surface area contributed by atoms with Crippen LogP contribution in [0.4, 0.5) is 0 Å². The van der Waals surface area contributed by atoms with E-state index in [0.29, 0.717) is 17.9 Å². The lowest BCUT2D eigenvalue weighted by Crippen LogP contribution is -2.46. The van der Waals surface area contributed by atoms with Crippen LogP contribution >= 0.6 is 0 Å². The quantitative estimate of drug-likeness (QED) is 0.666. The van der Waals surface area contributed by atoms with E-state index in [1.807, 2.05) is 24.8 Å². The molecule has 1 N–H and O–H groups in total. The molecule has 0 spiro atoms. The molecule has 4 rings (SSSR count). The molecule has 0 amide bonds. The summed E-state index contributed by atoms with van der Waals surface area (Å²) >= 11 is 0. The molecule has 3 heterocycles. The van der Waals surface area contributed by atoms with Gasteiger partial charge in [-0.05, 0) is 73.4 Å². The molecule has 138 valence electrons. The normalized spacial score (nSPS) is 24.1. The topological polar surface area (TPSA) is 56.3 Å². The Labute approximate surface area is 155 Å². The standard InChI is InChI=1S/C21H27N3O2/c1(2-16-3-6-22-7-4-16)9-25-14-18-11-21(18)17-10-20(13-23-12-17)26-15-19-5-8-24-19/h3-4,6-7,10,12-13,18-19,21,24H,1-2,5,8-9,11,14-15H2/t18-,19+,21-/m1/s1. The minimum Gasteiger partial charge on any atom is -0.490 e. The summed E-state index contributed by atoms with van der Waals surface area (Å²) in [6.45, 7) is 3.51. The van der Waals surface area contributed by atoms with Gasteiger partial charge in [-0.15, -0.1) is 0 Å². The molecule has 0 unspecified atom stereocenters. The zero-order valence-electron chi connectivity index (χ0n) is 15.1. The smallest absolute Gasteiger partial charge is 0.137 e. The SMILES string of the molecule is c1cc(CCCOC[C@H]2C[C@@H]2c2cncc(OC[C@@H]3CCN3)c2)ccn1. The number of aryl methyl sites for hydroxylation is 1. The predicted molar refractivity (Wildman–Crippen MR) is 100 cm³/mol. The molecule has 1 saturated carbocycles. The Kier molecular flexibility index (Phi) is 5.77. The molecule has 5 heteroatoms. The van der Waals surface area contributed by atoms with Crippen molar-refractivity contribution in [1.82, 2.24) is 15.3 Å². The first kappa shape index (κ1) is 17.4. The van der Waals surface area contributed by atoms with Gasteiger partial charge in [-0.1, -0.05) is 0 Å². The summed E-state index contributed by atoms with van der Waals surface area (Å²) in [5.74, 6) is 2.09. The minimum atomic E-state index is 0.507. The van der Waals surface area contributed by atoms with Gasteiger partial charge < -0.3 is 14.8 Å². The second-order valence-corrected chi connectivity index (χ2v) is 7.34. The van der Waals surface area contributed by atoms with Crippen LogP contribution in [-0.2, 0) is 11.2 Å². The van der Waals surface area contributed by atoms with Crippen molar-refractivity contribution in [2.24, 2.45) is 5.92 Å². The van der Waals surface area contributed by atoms with Crippen molar-refractivity contribution >= 4 is 0 Å². The van der Waals surface area contributed by atoms with Crippen LogP contribution in [0, 0.1) is 5.92 Å². The zero-order valence-corrected chi connectivity index (χ0v) is 15.1. The molecule has 2 aliphatic rings. The van der Waals surface area contributed by atoms with Crippen LogP contribution in [0.15, 0.2) is 43.0 Å². The molecule has 0 bridgehead atoms. The third kappa shape index (κ3) is 4.80. The van der Waals surface area contributed by atoms with E-state index in [1.54, 1.807) is 0 Å². The summed E-state index contributed by atoms with van der Waals surface area (Å²) in [5, 5.41) is 3.35. The average molecular weight is 353 g/mol. The van der Waals surface area contributed by atoms with Crippen molar-refractivity contribution in [3.63, 3.8) is 0 Å². The van der Waals surface area contributed by atoms with E-state index in [-0.39, 0.29) is 0 Å². The Hall–Kier alpha value is -1.98. The van der Waals surface area contributed by atoms with Gasteiger partial charge in [0.05, 0.1) is 6.20 Å². The molecular weight excluding hydrogens is 326 g/mol. The monoisotopic (exact) mass is 353 g/mol. The van der Waals surface area contributed by atoms with Gasteiger partial charge in [0.15, 0.2) is 0 Å². The third-order valence-corrected chi connectivity index (χ3v) is 5.30. The highest BCUT2D eigenvalue weighted by Crippen LogP contribution is 2.47. The lowest BCUT2D eigenvalue weighted by atomic mass is 10.1. The molecule has 1 saturated heterocycles. The lowest BCUT2D eigenvalue weighted by molar-refractivity contribution is 0.121. The average Bonchev–Trinajstić information content (AvgIpc) is 3.41. The Bertz CT molecular complexity index is 691. The number of nitrogens with zero attached hydrogens (tertiary/aromatic N) is 2. The molecule has 0 aromatic carbocycles. The fourth-order valence-corrected chi connectivity index (χ4v) is 3.41. The molecule has 5 nitrogen and oxygen atoms in total. The van der Waals surface area contributed by atoms with Gasteiger partial charge in [0.1, 0.15) is 12.4 Å². The van der Waals surface area contributed by atoms with Crippen LogP contribution in [0.3, 0.4) is 0 Å². The van der Waals surface area contributed by atoms with E-state index in [0.717, 1.165) is 45.0 Å². The predicted octanol–water partition coefficient (Wildman–Crippen LogP) is 2.97. The maximum atomic E-state index is 5.89. The Morgan fingerprint density at radius 2 is 2.00 bits per heavy atom. The second-order valence-electron chi connectivity index (χ2n) is 7.34. The molecule has 3 atom stereocenters. The number of aromatic nitrogens is 2. The van der Waals surface area contributed by atoms with Gasteiger partial charge >= 0.3 is 0 Å². The van der Waals surface area contributed by atoms with Gasteiger partial charge in [-0.3, -0.25) is 9.97 Å². The van der Waals surface area contributed by atoms with Gasteiger partial charge in [-0.2, -0.15) is 0 Å². The Morgan fingerprint density at radius 1 is 1.12 bits per heavy atom. The van der Waals surface area contributed by atoms with Crippen LogP contribution in [0.25, 0.3) is 0 Å². The Balaban J connectivity index is 1.14. The first-order valence-electron chi connectivity index (χ1n) is 9.66. The van der Waals surface area contributed by atoms with Crippen molar-refractivity contribution in [3.8, 4) is 5.75 Å². The highest BCUT2D eigenvalue weighted by atomic mass is 16.5. The first-order valence-corrected chi connectivity index (χ1v) is 9.66. The van der Waals surface area contributed by atoms with Crippen LogP contribution in [0.2, 0.25) is 0 Å². The molecule has 0 radical (unpaired) electrons. The number of rotatable bonds is 10. The van der Waals surface area contributed by atoms with Crippen molar-refractivity contribution in [3.05, 3.63) is 54.1 Å². The highest BCUT2D eigenvalue weighted by molar-refractivity contribution is 5.30. The molecule has 2 fully saturated rings. The van der Waals surface area contributed by atoms with E-state index in [4.69, 9.17) is 9.47 Å². The van der Waals surface area contributed by atoms with Crippen LogP contribution in [0.1, 0.15) is 36.3 Å². The van der Waals surface area contributed by atoms with E-state index >= 15 is 0 Å². The molecule has 1 aliphatic carbocycles. The molecule has 1 aliphatic heterocycles. The van der Waals surface area contributed by atoms with Crippen LogP contribution < -0.4 is 10.1 Å². The maximum absolute atomic E-state index is 5.89. The minimum absolute atomic E-state index is 0.507. The van der Waals surface area contributed by atoms with Crippen molar-refractivity contribution in [2.45, 2.75) is 37.6 Å². The zero-order chi connectivity index (χ0) is 17.6. The van der Waals surface area contributed by atoms with Crippen molar-refractivity contribution < 1.29 is 9.47 Å². The summed E-state index contributed by atoms with van der Waals surface area (Å²) in [4.78, 5) is 8.40. The summed E-state index contributed by atoms with van der Waals surface area (Å²) in [7, 11) is 0. The number of hydrogen-bond acceptors (Lipinski definition) is 5. The molecule has 26 heavy (non-hydrogen) atoms. The fraction of sp³-hybridized carbons (Fsp3) is 0.524. The Morgan fingerprint density at radius 3 is 2.81 bits per heavy atom. The maximum Gasteiger partial charge on any atom is 0.137 e. The molecule has 2 aromatic rings. The van der Waals surface area contributed by atoms with Crippen molar-refractivity contribution in [2.75, 3.05) is 26.4 Å². The van der Waals surface area contributed by atoms with Gasteiger partial charge in [0, 0.05) is 37.8 Å². The summed E-state index contributed by atoms with van der Waals surface area (Å²) in [6.07, 6.45) is 12.0. The fourth-order valence-electron chi connectivity index (χ4n) is 3.41. The van der Waals surface area contributed by atoms with E-state index in [2.05, 4.69) is 33.5 Å². The number of ether oxygens (including phenoxy) is 2. The summed E-state index contributed by atoms with van der Waals surface area (Å²) in [5.41, 5.74) is 2.61. The van der Waals surface area contributed by atoms with Crippen LogP contribution in [-0.4, -0.2) is 42.4 Å². The number of pyridine rings is 2. The first-order chi connectivity index (χ1) is 12.9. The van der Waals surface area contributed by atoms with Gasteiger partial charge in [0.2, 0.25) is 0 Å². The third-order valence-electron chi connectivity index (χ3n) is 5.30. The largest absolute Gasteiger partial charge is 0.490 e. The number of hydrogen-bond donors (Lipinski definition) is 1. The van der Waals surface area contributed by atoms with Gasteiger partial charge in [0.25, 0.3) is 0 Å². The molecule has 2 aromatic heterocycles. The van der Waals surface area contributed by atoms with E-state index < -0.39 is 0 Å². The van der Waals surface area contributed by atoms with Gasteiger partial charge in [-0.25, -0.2) is 0 Å². The lowest BCUT2D eigenvalue weighted by Gasteiger charge is -2.27. The highest BCUT2D eigenvalue weighted by Gasteiger charge is 2.38. The van der Waals surface area contributed by atoms with Crippen LogP contribution in [0.5, 0.6) is 5.75 Å². The summed E-state index contributed by atoms with van der Waals surface area (Å²) < 4.78 is 11.7. The van der Waals surface area contributed by atoms with E-state index in [9.17, 15) is 0 Å². The number of nitrogens with one attached hydrogen (secondary N) is 1. The van der Waals surface area contributed by atoms with E-state index in [1.165, 1.54) is 24.0 Å². The summed E-state index contributed by atoms with van der Waals surface area (Å²) in [6, 6.07) is 6.80. The molecular formula is C21H27N3O2. The van der Waals surface area contributed by atoms with Crippen molar-refractivity contribution in [1.29, 1.82) is 0 Å².